The van der Waals surface area contributed by atoms with Gasteiger partial charge in [0, 0.05) is 0 Å². The van der Waals surface area contributed by atoms with Gasteiger partial charge in [0.25, 0.3) is 0 Å². The summed E-state index contributed by atoms with van der Waals surface area (Å²) in [5.74, 6) is 2.21. The molecule has 4 heteroatoms. The van der Waals surface area contributed by atoms with Crippen LogP contribution in [0.1, 0.15) is 113 Å². The maximum absolute atomic E-state index is 14.5. The van der Waals surface area contributed by atoms with E-state index in [-0.39, 0.29) is 36.0 Å². The van der Waals surface area contributed by atoms with E-state index < -0.39 is 11.3 Å². The Morgan fingerprint density at radius 2 is 1.41 bits per heavy atom. The molecule has 2 bridgehead atoms. The molecule has 4 rings (SSSR count). The Morgan fingerprint density at radius 1 is 0.846 bits per heavy atom. The zero-order valence-corrected chi connectivity index (χ0v) is 26.1. The van der Waals surface area contributed by atoms with Crippen molar-refractivity contribution in [3.63, 3.8) is 0 Å². The van der Waals surface area contributed by atoms with Crippen molar-refractivity contribution in [3.8, 4) is 0 Å². The fourth-order valence-corrected chi connectivity index (χ4v) is 8.65. The summed E-state index contributed by atoms with van der Waals surface area (Å²) in [7, 11) is 0. The smallest absolute Gasteiger partial charge is 0.313 e. The first kappa shape index (κ1) is 30.4. The quantitative estimate of drug-likeness (QED) is 0.217. The van der Waals surface area contributed by atoms with E-state index in [2.05, 4.69) is 73.6 Å². The highest BCUT2D eigenvalue weighted by Gasteiger charge is 2.64. The molecule has 4 aliphatic carbocycles. The van der Waals surface area contributed by atoms with E-state index in [9.17, 15) is 9.59 Å². The number of carbonyl (C=O) groups is 2. The molecule has 4 nitrogen and oxygen atoms in total. The Labute approximate surface area is 238 Å². The van der Waals surface area contributed by atoms with Crippen LogP contribution in [-0.4, -0.2) is 24.1 Å². The van der Waals surface area contributed by atoms with Gasteiger partial charge in [0.15, 0.2) is 0 Å². The molecule has 0 spiro atoms. The SMILES string of the molecule is CC(C)=CCC[C@@]1(C(=O)O[C@@H]2C[C@H](C)CC[C@H]2C(C)C)[C@H](C(=O)O[C@@H]2C[C@H](C)CC[C@H]2C(C)C)[C@@H]2C=C[C@H]1C2. The lowest BCUT2D eigenvalue weighted by Crippen LogP contribution is -2.50. The van der Waals surface area contributed by atoms with Crippen molar-refractivity contribution in [3.05, 3.63) is 23.8 Å². The lowest BCUT2D eigenvalue weighted by molar-refractivity contribution is -0.185. The van der Waals surface area contributed by atoms with Gasteiger partial charge in [0.1, 0.15) is 12.2 Å². The average Bonchev–Trinajstić information content (AvgIpc) is 3.44. The van der Waals surface area contributed by atoms with Crippen LogP contribution < -0.4 is 0 Å². The predicted molar refractivity (Wildman–Crippen MR) is 158 cm³/mol. The minimum absolute atomic E-state index is 0.0443. The highest BCUT2D eigenvalue weighted by atomic mass is 16.6. The van der Waals surface area contributed by atoms with E-state index in [1.165, 1.54) is 18.4 Å². The van der Waals surface area contributed by atoms with E-state index >= 15 is 0 Å². The lowest BCUT2D eigenvalue weighted by Gasteiger charge is -2.43. The number of hydrogen-bond donors (Lipinski definition) is 0. The van der Waals surface area contributed by atoms with Crippen LogP contribution in [0.4, 0.5) is 0 Å². The summed E-state index contributed by atoms with van der Waals surface area (Å²) in [5.41, 5.74) is 0.409. The molecule has 0 unspecified atom stereocenters. The van der Waals surface area contributed by atoms with E-state index in [1.807, 2.05) is 0 Å². The summed E-state index contributed by atoms with van der Waals surface area (Å²) in [6.07, 6.45) is 15.2. The molecule has 0 aromatic rings. The van der Waals surface area contributed by atoms with Crippen molar-refractivity contribution in [1.29, 1.82) is 0 Å². The van der Waals surface area contributed by atoms with Crippen molar-refractivity contribution < 1.29 is 19.1 Å². The number of rotatable bonds is 9. The first-order chi connectivity index (χ1) is 18.4. The Kier molecular flexibility index (Phi) is 9.75. The maximum atomic E-state index is 14.5. The van der Waals surface area contributed by atoms with E-state index in [4.69, 9.17) is 9.47 Å². The maximum Gasteiger partial charge on any atom is 0.313 e. The highest BCUT2D eigenvalue weighted by Crippen LogP contribution is 2.60. The standard InChI is InChI=1S/C35H56O4/c1-21(2)10-9-17-35(34(37)39-31-19-25(8)12-16-29(31)23(5)6)27-14-13-26(20-27)32(35)33(36)38-30-18-24(7)11-15-28(30)22(3)4/h10,13-14,22-32H,9,11-12,15-20H2,1-8H3/t24-,25-,26-,27+,28+,29+,30-,31-,32+,35+/m1/s1. The van der Waals surface area contributed by atoms with Crippen molar-refractivity contribution in [1.82, 2.24) is 0 Å². The topological polar surface area (TPSA) is 52.6 Å². The highest BCUT2D eigenvalue weighted by molar-refractivity contribution is 5.88. The predicted octanol–water partition coefficient (Wildman–Crippen LogP) is 8.55. The lowest BCUT2D eigenvalue weighted by atomic mass is 9.65. The second-order valence-electron chi connectivity index (χ2n) is 14.8. The fourth-order valence-electron chi connectivity index (χ4n) is 8.65. The third-order valence-electron chi connectivity index (χ3n) is 11.0. The van der Waals surface area contributed by atoms with Crippen LogP contribution in [0.3, 0.4) is 0 Å². The molecule has 39 heavy (non-hydrogen) atoms. The average molecular weight is 541 g/mol. The monoisotopic (exact) mass is 540 g/mol. The van der Waals surface area contributed by atoms with Crippen LogP contribution in [0.25, 0.3) is 0 Å². The molecular weight excluding hydrogens is 484 g/mol. The van der Waals surface area contributed by atoms with Gasteiger partial charge in [-0.1, -0.05) is 78.2 Å². The Hall–Kier alpha value is -1.58. The molecule has 0 aromatic heterocycles. The van der Waals surface area contributed by atoms with Crippen LogP contribution in [0.15, 0.2) is 23.8 Å². The third kappa shape index (κ3) is 6.35. The van der Waals surface area contributed by atoms with Crippen LogP contribution in [-0.2, 0) is 19.1 Å². The zero-order chi connectivity index (χ0) is 28.5. The van der Waals surface area contributed by atoms with Crippen LogP contribution >= 0.6 is 0 Å². The van der Waals surface area contributed by atoms with E-state index in [0.717, 1.165) is 38.5 Å². The number of ether oxygens (including phenoxy) is 2. The van der Waals surface area contributed by atoms with Gasteiger partial charge < -0.3 is 9.47 Å². The second kappa shape index (κ2) is 12.5. The summed E-state index contributed by atoms with van der Waals surface area (Å²) < 4.78 is 13.1. The second-order valence-corrected chi connectivity index (χ2v) is 14.8. The number of fused-ring (bicyclic) bond motifs is 2. The van der Waals surface area contributed by atoms with Crippen molar-refractivity contribution in [2.24, 2.45) is 58.7 Å². The van der Waals surface area contributed by atoms with Gasteiger partial charge in [-0.25, -0.2) is 0 Å². The summed E-state index contributed by atoms with van der Waals surface area (Å²) in [4.78, 5) is 28.8. The number of esters is 2. The molecule has 3 saturated carbocycles. The number of hydrogen-bond acceptors (Lipinski definition) is 4. The summed E-state index contributed by atoms with van der Waals surface area (Å²) in [5, 5.41) is 0. The van der Waals surface area contributed by atoms with Crippen LogP contribution in [0, 0.1) is 58.7 Å². The van der Waals surface area contributed by atoms with Crippen molar-refractivity contribution in [2.75, 3.05) is 0 Å². The molecular formula is C35H56O4. The fraction of sp³-hybridized carbons (Fsp3) is 0.829. The molecule has 3 fully saturated rings. The van der Waals surface area contributed by atoms with Crippen LogP contribution in [0.5, 0.6) is 0 Å². The summed E-state index contributed by atoms with van der Waals surface area (Å²) >= 11 is 0. The van der Waals surface area contributed by atoms with E-state index in [1.54, 1.807) is 0 Å². The number of allylic oxidation sites excluding steroid dienone is 4. The van der Waals surface area contributed by atoms with Gasteiger partial charge in [0.2, 0.25) is 0 Å². The zero-order valence-electron chi connectivity index (χ0n) is 26.1. The van der Waals surface area contributed by atoms with Gasteiger partial charge in [-0.15, -0.1) is 0 Å². The van der Waals surface area contributed by atoms with E-state index in [0.29, 0.717) is 41.9 Å². The molecule has 0 heterocycles. The largest absolute Gasteiger partial charge is 0.462 e. The molecule has 0 aliphatic heterocycles. The minimum Gasteiger partial charge on any atom is -0.462 e. The normalized spacial score (nSPS) is 39.7. The minimum atomic E-state index is -0.835. The Bertz CT molecular complexity index is 927. The molecule has 0 saturated heterocycles. The third-order valence-corrected chi connectivity index (χ3v) is 11.0. The van der Waals surface area contributed by atoms with Gasteiger partial charge in [0.05, 0.1) is 11.3 Å². The van der Waals surface area contributed by atoms with Crippen molar-refractivity contribution in [2.45, 2.75) is 125 Å². The van der Waals surface area contributed by atoms with Gasteiger partial charge in [-0.05, 0) is 106 Å². The summed E-state index contributed by atoms with van der Waals surface area (Å²) in [6, 6.07) is 0. The summed E-state index contributed by atoms with van der Waals surface area (Å²) in [6.45, 7) is 17.8. The Morgan fingerprint density at radius 3 is 1.95 bits per heavy atom. The first-order valence-electron chi connectivity index (χ1n) is 16.2. The Balaban J connectivity index is 1.64. The molecule has 4 aliphatic rings. The van der Waals surface area contributed by atoms with Gasteiger partial charge in [-0.2, -0.15) is 0 Å². The molecule has 0 amide bonds. The molecule has 0 aromatic carbocycles. The molecule has 220 valence electrons. The molecule has 10 atom stereocenters. The molecule has 0 radical (unpaired) electrons. The van der Waals surface area contributed by atoms with Gasteiger partial charge in [-0.3, -0.25) is 9.59 Å². The van der Waals surface area contributed by atoms with Crippen molar-refractivity contribution >= 4 is 11.9 Å². The molecule has 0 N–H and O–H groups in total. The van der Waals surface area contributed by atoms with Gasteiger partial charge >= 0.3 is 11.9 Å². The number of carbonyl (C=O) groups excluding carboxylic acids is 2. The van der Waals surface area contributed by atoms with Crippen LogP contribution in [0.2, 0.25) is 0 Å². The first-order valence-corrected chi connectivity index (χ1v) is 16.2.